The molecule has 5 rings (SSSR count). The fraction of sp³-hybridized carbons (Fsp3) is 0.375. The Balaban J connectivity index is 1.44. The van der Waals surface area contributed by atoms with Crippen molar-refractivity contribution in [1.82, 2.24) is 23.8 Å². The minimum atomic E-state index is -0.217. The number of hydrogen-bond acceptors (Lipinski definition) is 7. The van der Waals surface area contributed by atoms with Crippen LogP contribution in [-0.2, 0) is 11.3 Å². The van der Waals surface area contributed by atoms with Gasteiger partial charge < -0.3 is 9.88 Å². The minimum absolute atomic E-state index is 0.106. The van der Waals surface area contributed by atoms with Crippen molar-refractivity contribution < 1.29 is 4.79 Å². The van der Waals surface area contributed by atoms with Gasteiger partial charge in [0.15, 0.2) is 0 Å². The molecule has 176 valence electrons. The van der Waals surface area contributed by atoms with Gasteiger partial charge in [-0.1, -0.05) is 49.3 Å². The zero-order valence-electron chi connectivity index (χ0n) is 18.7. The van der Waals surface area contributed by atoms with Gasteiger partial charge in [-0.2, -0.15) is 0 Å². The summed E-state index contributed by atoms with van der Waals surface area (Å²) in [6.07, 6.45) is 15.0. The van der Waals surface area contributed by atoms with Crippen LogP contribution in [0.4, 0.5) is 5.82 Å². The Bertz CT molecular complexity index is 1290. The van der Waals surface area contributed by atoms with Crippen LogP contribution in [0.1, 0.15) is 44.1 Å². The number of hydrogen-bond donors (Lipinski definition) is 1. The molecule has 1 aliphatic heterocycles. The van der Waals surface area contributed by atoms with Gasteiger partial charge in [0, 0.05) is 37.7 Å². The van der Waals surface area contributed by atoms with E-state index in [9.17, 15) is 9.59 Å². The molecule has 1 amide bonds. The Morgan fingerprint density at radius 1 is 1.18 bits per heavy atom. The summed E-state index contributed by atoms with van der Waals surface area (Å²) in [5.41, 5.74) is 0.706. The van der Waals surface area contributed by atoms with Crippen LogP contribution in [0.2, 0.25) is 0 Å². The van der Waals surface area contributed by atoms with Crippen molar-refractivity contribution in [3.8, 4) is 0 Å². The molecule has 2 fully saturated rings. The summed E-state index contributed by atoms with van der Waals surface area (Å²) in [4.78, 5) is 37.7. The maximum Gasteiger partial charge on any atom is 0.267 e. The molecule has 1 N–H and O–H groups in total. The number of thioether (sulfide) groups is 1. The third-order valence-electron chi connectivity index (χ3n) is 6.25. The molecule has 0 radical (unpaired) electrons. The lowest BCUT2D eigenvalue weighted by Crippen LogP contribution is -2.39. The van der Waals surface area contributed by atoms with Gasteiger partial charge in [-0.25, -0.2) is 9.97 Å². The molecule has 0 atom stereocenters. The molecule has 3 aromatic heterocycles. The first kappa shape index (κ1) is 22.8. The van der Waals surface area contributed by atoms with Crippen molar-refractivity contribution in [2.75, 3.05) is 11.9 Å². The fourth-order valence-electron chi connectivity index (χ4n) is 4.52. The molecule has 4 heterocycles. The summed E-state index contributed by atoms with van der Waals surface area (Å²) in [5.74, 6) is 0.371. The highest BCUT2D eigenvalue weighted by atomic mass is 32.2. The van der Waals surface area contributed by atoms with Gasteiger partial charge >= 0.3 is 0 Å². The maximum absolute atomic E-state index is 13.4. The average Bonchev–Trinajstić information content (AvgIpc) is 3.47. The standard InChI is InChI=1S/C24H26N6O2S2/c31-22-18(15-19-23(32)30(24(33)34-19)17-7-2-1-3-8-17)21(27-20-9-4-5-13-29(20)22)26-10-6-12-28-14-11-25-16-28/h4-5,9,11,13-17,26H,1-3,6-8,10,12H2. The number of rotatable bonds is 7. The second kappa shape index (κ2) is 10.1. The average molecular weight is 495 g/mol. The van der Waals surface area contributed by atoms with Crippen LogP contribution in [-0.4, -0.2) is 46.6 Å². The number of aromatic nitrogens is 4. The second-order valence-corrected chi connectivity index (χ2v) is 10.2. The third kappa shape index (κ3) is 4.65. The molecule has 0 aromatic carbocycles. The van der Waals surface area contributed by atoms with E-state index >= 15 is 0 Å². The molecule has 0 unspecified atom stereocenters. The lowest BCUT2D eigenvalue weighted by molar-refractivity contribution is -0.124. The molecular formula is C24H26N6O2S2. The lowest BCUT2D eigenvalue weighted by Gasteiger charge is -2.29. The molecule has 0 bridgehead atoms. The number of imidazole rings is 1. The van der Waals surface area contributed by atoms with Crippen molar-refractivity contribution in [1.29, 1.82) is 0 Å². The predicted molar refractivity (Wildman–Crippen MR) is 139 cm³/mol. The van der Waals surface area contributed by atoms with E-state index in [1.165, 1.54) is 22.6 Å². The molecule has 1 aliphatic carbocycles. The Morgan fingerprint density at radius 3 is 2.82 bits per heavy atom. The topological polar surface area (TPSA) is 84.5 Å². The van der Waals surface area contributed by atoms with E-state index in [2.05, 4.69) is 15.3 Å². The van der Waals surface area contributed by atoms with E-state index < -0.39 is 0 Å². The third-order valence-corrected chi connectivity index (χ3v) is 7.58. The smallest absolute Gasteiger partial charge is 0.267 e. The molecule has 34 heavy (non-hydrogen) atoms. The summed E-state index contributed by atoms with van der Waals surface area (Å²) in [7, 11) is 0. The van der Waals surface area contributed by atoms with Gasteiger partial charge in [0.2, 0.25) is 0 Å². The zero-order valence-corrected chi connectivity index (χ0v) is 20.4. The molecule has 1 saturated heterocycles. The summed E-state index contributed by atoms with van der Waals surface area (Å²) < 4.78 is 4.08. The first-order valence-corrected chi connectivity index (χ1v) is 12.8. The van der Waals surface area contributed by atoms with Crippen molar-refractivity contribution in [2.45, 2.75) is 51.1 Å². The van der Waals surface area contributed by atoms with Gasteiger partial charge in [0.1, 0.15) is 15.8 Å². The largest absolute Gasteiger partial charge is 0.369 e. The molecule has 1 saturated carbocycles. The number of pyridine rings is 1. The number of amides is 1. The normalized spacial score (nSPS) is 18.4. The maximum atomic E-state index is 13.4. The highest BCUT2D eigenvalue weighted by molar-refractivity contribution is 8.26. The summed E-state index contributed by atoms with van der Waals surface area (Å²) in [6.45, 7) is 1.42. The van der Waals surface area contributed by atoms with Crippen LogP contribution in [0.25, 0.3) is 11.7 Å². The first-order valence-electron chi connectivity index (χ1n) is 11.6. The Kier molecular flexibility index (Phi) is 6.77. The molecule has 10 heteroatoms. The Morgan fingerprint density at radius 2 is 2.03 bits per heavy atom. The molecule has 8 nitrogen and oxygen atoms in total. The molecule has 3 aromatic rings. The van der Waals surface area contributed by atoms with Gasteiger partial charge in [-0.15, -0.1) is 0 Å². The van der Waals surface area contributed by atoms with Crippen LogP contribution in [0.3, 0.4) is 0 Å². The lowest BCUT2D eigenvalue weighted by atomic mass is 9.94. The number of anilines is 1. The number of fused-ring (bicyclic) bond motifs is 1. The van der Waals surface area contributed by atoms with Crippen molar-refractivity contribution in [2.24, 2.45) is 0 Å². The van der Waals surface area contributed by atoms with Crippen LogP contribution in [0.5, 0.6) is 0 Å². The first-order chi connectivity index (χ1) is 16.6. The second-order valence-electron chi connectivity index (χ2n) is 8.53. The molecule has 2 aliphatic rings. The summed E-state index contributed by atoms with van der Waals surface area (Å²) in [6, 6.07) is 5.59. The van der Waals surface area contributed by atoms with E-state index in [-0.39, 0.29) is 17.5 Å². The van der Waals surface area contributed by atoms with E-state index in [0.29, 0.717) is 32.8 Å². The van der Waals surface area contributed by atoms with Gasteiger partial charge in [-0.05, 0) is 37.5 Å². The van der Waals surface area contributed by atoms with Gasteiger partial charge in [0.05, 0.1) is 16.8 Å². The van der Waals surface area contributed by atoms with E-state index in [0.717, 1.165) is 38.6 Å². The Hall–Kier alpha value is -2.98. The quantitative estimate of drug-likeness (QED) is 0.303. The van der Waals surface area contributed by atoms with Crippen LogP contribution < -0.4 is 10.9 Å². The number of thiocarbonyl (C=S) groups is 1. The van der Waals surface area contributed by atoms with Crippen LogP contribution >= 0.6 is 24.0 Å². The predicted octanol–water partition coefficient (Wildman–Crippen LogP) is 3.93. The van der Waals surface area contributed by atoms with E-state index in [1.54, 1.807) is 41.8 Å². The number of carbonyl (C=O) groups excluding carboxylic acids is 1. The summed E-state index contributed by atoms with van der Waals surface area (Å²) >= 11 is 6.84. The molecular weight excluding hydrogens is 468 g/mol. The number of nitrogens with zero attached hydrogens (tertiary/aromatic N) is 5. The SMILES string of the molecule is O=C1C(=Cc2c(NCCCn3ccnc3)nc3ccccn3c2=O)SC(=S)N1C1CCCCC1. The van der Waals surface area contributed by atoms with Gasteiger partial charge in [0.25, 0.3) is 11.5 Å². The summed E-state index contributed by atoms with van der Waals surface area (Å²) in [5, 5.41) is 3.31. The minimum Gasteiger partial charge on any atom is -0.369 e. The van der Waals surface area contributed by atoms with Crippen molar-refractivity contribution in [3.05, 3.63) is 63.9 Å². The zero-order chi connectivity index (χ0) is 23.5. The Labute approximate surface area is 207 Å². The van der Waals surface area contributed by atoms with Gasteiger partial charge in [-0.3, -0.25) is 18.9 Å². The number of carbonyl (C=O) groups is 1. The molecule has 0 spiro atoms. The number of aryl methyl sites for hydroxylation is 1. The highest BCUT2D eigenvalue weighted by Gasteiger charge is 2.37. The van der Waals surface area contributed by atoms with Crippen molar-refractivity contribution in [3.63, 3.8) is 0 Å². The monoisotopic (exact) mass is 494 g/mol. The van der Waals surface area contributed by atoms with E-state index in [1.807, 2.05) is 16.8 Å². The van der Waals surface area contributed by atoms with E-state index in [4.69, 9.17) is 12.2 Å². The highest BCUT2D eigenvalue weighted by Crippen LogP contribution is 2.37. The van der Waals surface area contributed by atoms with Crippen LogP contribution in [0, 0.1) is 0 Å². The van der Waals surface area contributed by atoms with Crippen LogP contribution in [0.15, 0.2) is 52.8 Å². The van der Waals surface area contributed by atoms with Crippen molar-refractivity contribution >= 4 is 51.7 Å². The number of nitrogens with one attached hydrogen (secondary N) is 1. The fourth-order valence-corrected chi connectivity index (χ4v) is 5.90.